The summed E-state index contributed by atoms with van der Waals surface area (Å²) in [6.07, 6.45) is 1.53. The Labute approximate surface area is 130 Å². The fraction of sp³-hybridized carbons (Fsp3) is 0.143. The molecule has 1 aromatic carbocycles. The van der Waals surface area contributed by atoms with Crippen LogP contribution < -0.4 is 20.7 Å². The van der Waals surface area contributed by atoms with Crippen LogP contribution in [0.5, 0.6) is 5.75 Å². The van der Waals surface area contributed by atoms with E-state index in [-0.39, 0.29) is 24.1 Å². The van der Waals surface area contributed by atoms with Crippen molar-refractivity contribution in [1.82, 2.24) is 5.32 Å². The van der Waals surface area contributed by atoms with Crippen LogP contribution in [0.15, 0.2) is 34.9 Å². The molecule has 114 valence electrons. The Morgan fingerprint density at radius 1 is 1.41 bits per heavy atom. The van der Waals surface area contributed by atoms with Crippen molar-refractivity contribution in [1.29, 1.82) is 0 Å². The van der Waals surface area contributed by atoms with Crippen LogP contribution in [0.3, 0.4) is 0 Å². The molecule has 0 fully saturated rings. The number of hydrogen-bond acceptors (Lipinski definition) is 4. The van der Waals surface area contributed by atoms with E-state index in [1.54, 1.807) is 18.2 Å². The van der Waals surface area contributed by atoms with Crippen LogP contribution in [-0.4, -0.2) is 18.5 Å². The van der Waals surface area contributed by atoms with Crippen molar-refractivity contribution in [2.75, 3.05) is 17.2 Å². The van der Waals surface area contributed by atoms with E-state index in [2.05, 4.69) is 16.0 Å². The highest BCUT2D eigenvalue weighted by molar-refractivity contribution is 6.34. The van der Waals surface area contributed by atoms with Gasteiger partial charge >= 0.3 is 6.03 Å². The van der Waals surface area contributed by atoms with Crippen LogP contribution in [0.1, 0.15) is 5.76 Å². The number of carbonyl (C=O) groups excluding carboxylic acids is 2. The first-order chi connectivity index (χ1) is 10.6. The minimum absolute atomic E-state index is 0.0707. The Morgan fingerprint density at radius 2 is 2.27 bits per heavy atom. The van der Waals surface area contributed by atoms with Crippen LogP contribution in [0, 0.1) is 0 Å². The van der Waals surface area contributed by atoms with Crippen LogP contribution in [0.2, 0.25) is 5.02 Å². The first kappa shape index (κ1) is 14.3. The molecule has 0 aliphatic carbocycles. The molecule has 1 aliphatic heterocycles. The van der Waals surface area contributed by atoms with Crippen LogP contribution in [0.4, 0.5) is 16.2 Å². The molecule has 22 heavy (non-hydrogen) atoms. The summed E-state index contributed by atoms with van der Waals surface area (Å²) in [5.41, 5.74) is 0.858. The number of fused-ring (bicyclic) bond motifs is 1. The van der Waals surface area contributed by atoms with E-state index >= 15 is 0 Å². The molecule has 2 heterocycles. The van der Waals surface area contributed by atoms with Crippen molar-refractivity contribution in [3.63, 3.8) is 0 Å². The lowest BCUT2D eigenvalue weighted by Crippen LogP contribution is -2.29. The molecule has 0 saturated carbocycles. The highest BCUT2D eigenvalue weighted by Gasteiger charge is 2.19. The molecule has 7 nitrogen and oxygen atoms in total. The SMILES string of the molecule is O=C1COc2cc(NC(=O)NCc3ccco3)c(Cl)cc2N1. The second kappa shape index (κ2) is 5.98. The summed E-state index contributed by atoms with van der Waals surface area (Å²) >= 11 is 6.08. The maximum Gasteiger partial charge on any atom is 0.319 e. The zero-order valence-corrected chi connectivity index (χ0v) is 12.1. The van der Waals surface area contributed by atoms with Crippen molar-refractivity contribution in [2.24, 2.45) is 0 Å². The molecule has 3 amide bonds. The Morgan fingerprint density at radius 3 is 3.05 bits per heavy atom. The summed E-state index contributed by atoms with van der Waals surface area (Å²) in [5, 5.41) is 8.18. The molecule has 8 heteroatoms. The minimum Gasteiger partial charge on any atom is -0.482 e. The number of amides is 3. The van der Waals surface area contributed by atoms with Crippen molar-refractivity contribution >= 4 is 34.9 Å². The van der Waals surface area contributed by atoms with Gasteiger partial charge in [-0.15, -0.1) is 0 Å². The van der Waals surface area contributed by atoms with Gasteiger partial charge in [0, 0.05) is 6.07 Å². The molecule has 3 N–H and O–H groups in total. The monoisotopic (exact) mass is 321 g/mol. The number of furan rings is 1. The smallest absolute Gasteiger partial charge is 0.319 e. The van der Waals surface area contributed by atoms with E-state index in [9.17, 15) is 9.59 Å². The molecule has 0 radical (unpaired) electrons. The number of rotatable bonds is 3. The van der Waals surface area contributed by atoms with Gasteiger partial charge < -0.3 is 25.1 Å². The van der Waals surface area contributed by atoms with Crippen LogP contribution in [0.25, 0.3) is 0 Å². The van der Waals surface area contributed by atoms with E-state index in [1.165, 1.54) is 12.3 Å². The second-order valence-corrected chi connectivity index (χ2v) is 4.96. The van der Waals surface area contributed by atoms with Gasteiger partial charge in [-0.2, -0.15) is 0 Å². The summed E-state index contributed by atoms with van der Waals surface area (Å²) in [6.45, 7) is 0.187. The van der Waals surface area contributed by atoms with E-state index in [0.717, 1.165) is 0 Å². The summed E-state index contributed by atoms with van der Waals surface area (Å²) in [6, 6.07) is 6.14. The number of urea groups is 1. The molecule has 0 bridgehead atoms. The Hall–Kier alpha value is -2.67. The molecule has 0 saturated heterocycles. The fourth-order valence-corrected chi connectivity index (χ4v) is 2.15. The summed E-state index contributed by atoms with van der Waals surface area (Å²) in [4.78, 5) is 23.1. The van der Waals surface area contributed by atoms with Gasteiger partial charge in [0.15, 0.2) is 6.61 Å². The Kier molecular flexibility index (Phi) is 3.88. The van der Waals surface area contributed by atoms with E-state index in [0.29, 0.717) is 22.9 Å². The molecular formula is C14H12ClN3O4. The maximum absolute atomic E-state index is 11.8. The maximum atomic E-state index is 11.8. The third kappa shape index (κ3) is 3.15. The molecule has 0 spiro atoms. The Bertz CT molecular complexity index is 715. The second-order valence-electron chi connectivity index (χ2n) is 4.55. The quantitative estimate of drug-likeness (QED) is 0.810. The first-order valence-electron chi connectivity index (χ1n) is 6.45. The average Bonchev–Trinajstić information content (AvgIpc) is 2.99. The van der Waals surface area contributed by atoms with Gasteiger partial charge in [-0.3, -0.25) is 4.79 Å². The average molecular weight is 322 g/mol. The molecule has 2 aromatic rings. The van der Waals surface area contributed by atoms with Crippen molar-refractivity contribution in [3.05, 3.63) is 41.3 Å². The fourth-order valence-electron chi connectivity index (χ4n) is 1.94. The summed E-state index contributed by atoms with van der Waals surface area (Å²) in [5.74, 6) is 0.837. The third-order valence-corrected chi connectivity index (χ3v) is 3.27. The van der Waals surface area contributed by atoms with Gasteiger partial charge in [0.25, 0.3) is 5.91 Å². The van der Waals surface area contributed by atoms with Crippen LogP contribution in [-0.2, 0) is 11.3 Å². The highest BCUT2D eigenvalue weighted by atomic mass is 35.5. The number of nitrogens with one attached hydrogen (secondary N) is 3. The lowest BCUT2D eigenvalue weighted by atomic mass is 10.2. The number of benzene rings is 1. The highest BCUT2D eigenvalue weighted by Crippen LogP contribution is 2.36. The van der Waals surface area contributed by atoms with Gasteiger partial charge in [-0.05, 0) is 18.2 Å². The largest absolute Gasteiger partial charge is 0.482 e. The van der Waals surface area contributed by atoms with Gasteiger partial charge in [-0.25, -0.2) is 4.79 Å². The topological polar surface area (TPSA) is 92.6 Å². The number of halogens is 1. The van der Waals surface area contributed by atoms with Crippen LogP contribution >= 0.6 is 11.6 Å². The molecule has 3 rings (SSSR count). The standard InChI is InChI=1S/C14H12ClN3O4/c15-9-4-11-12(22-7-13(19)17-11)5-10(9)18-14(20)16-6-8-2-1-3-21-8/h1-5H,6-7H2,(H,17,19)(H2,16,18,20). The van der Waals surface area contributed by atoms with Crippen molar-refractivity contribution in [2.45, 2.75) is 6.54 Å². The van der Waals surface area contributed by atoms with Gasteiger partial charge in [-0.1, -0.05) is 11.6 Å². The van der Waals surface area contributed by atoms with Gasteiger partial charge in [0.05, 0.1) is 29.2 Å². The lowest BCUT2D eigenvalue weighted by Gasteiger charge is -2.19. The van der Waals surface area contributed by atoms with Gasteiger partial charge in [0.1, 0.15) is 11.5 Å². The zero-order valence-electron chi connectivity index (χ0n) is 11.3. The molecule has 0 unspecified atom stereocenters. The number of hydrogen-bond donors (Lipinski definition) is 3. The lowest BCUT2D eigenvalue weighted by molar-refractivity contribution is -0.118. The predicted molar refractivity (Wildman–Crippen MR) is 80.1 cm³/mol. The molecule has 1 aromatic heterocycles. The normalized spacial score (nSPS) is 12.9. The third-order valence-electron chi connectivity index (χ3n) is 2.95. The number of anilines is 2. The zero-order chi connectivity index (χ0) is 15.5. The van der Waals surface area contributed by atoms with E-state index in [4.69, 9.17) is 20.8 Å². The summed E-state index contributed by atoms with van der Waals surface area (Å²) < 4.78 is 10.4. The molecular weight excluding hydrogens is 310 g/mol. The van der Waals surface area contributed by atoms with Crippen molar-refractivity contribution < 1.29 is 18.7 Å². The van der Waals surface area contributed by atoms with Gasteiger partial charge in [0.2, 0.25) is 0 Å². The number of carbonyl (C=O) groups is 2. The van der Waals surface area contributed by atoms with E-state index < -0.39 is 6.03 Å². The molecule has 1 aliphatic rings. The summed E-state index contributed by atoms with van der Waals surface area (Å²) in [7, 11) is 0. The number of ether oxygens (including phenoxy) is 1. The minimum atomic E-state index is -0.432. The van der Waals surface area contributed by atoms with Crippen molar-refractivity contribution in [3.8, 4) is 5.75 Å². The van der Waals surface area contributed by atoms with E-state index in [1.807, 2.05) is 0 Å². The molecule has 0 atom stereocenters. The Balaban J connectivity index is 1.67. The first-order valence-corrected chi connectivity index (χ1v) is 6.83. The predicted octanol–water partition coefficient (Wildman–Crippen LogP) is 2.59.